The molecule has 0 amide bonds. The van der Waals surface area contributed by atoms with E-state index in [-0.39, 0.29) is 4.83 Å². The van der Waals surface area contributed by atoms with Crippen LogP contribution in [-0.2, 0) is 4.79 Å². The maximum absolute atomic E-state index is 10.6. The van der Waals surface area contributed by atoms with Crippen molar-refractivity contribution in [1.29, 1.82) is 0 Å². The Morgan fingerprint density at radius 2 is 1.73 bits per heavy atom. The van der Waals surface area contributed by atoms with Crippen LogP contribution >= 0.6 is 31.9 Å². The minimum Gasteiger partial charge on any atom is -0.302 e. The fourth-order valence-corrected chi connectivity index (χ4v) is 2.15. The summed E-state index contributed by atoms with van der Waals surface area (Å²) >= 11 is 6.74. The molecule has 0 heterocycles. The SMILES string of the molecule is O=CC(Br)c1ccc2cc(Br)ccc2c1. The van der Waals surface area contributed by atoms with Gasteiger partial charge in [-0.25, -0.2) is 0 Å². The van der Waals surface area contributed by atoms with Gasteiger partial charge in [0, 0.05) is 4.47 Å². The second-order valence-electron chi connectivity index (χ2n) is 3.29. The number of carbonyl (C=O) groups is 1. The number of alkyl halides is 1. The van der Waals surface area contributed by atoms with Gasteiger partial charge in [-0.1, -0.05) is 50.1 Å². The van der Waals surface area contributed by atoms with Crippen LogP contribution in [0.4, 0.5) is 0 Å². The number of rotatable bonds is 2. The predicted octanol–water partition coefficient (Wildman–Crippen LogP) is 4.24. The van der Waals surface area contributed by atoms with Gasteiger partial charge in [-0.2, -0.15) is 0 Å². The number of hydrogen-bond acceptors (Lipinski definition) is 1. The summed E-state index contributed by atoms with van der Waals surface area (Å²) in [5.74, 6) is 0. The molecule has 1 atom stereocenters. The van der Waals surface area contributed by atoms with Crippen molar-refractivity contribution >= 4 is 48.9 Å². The van der Waals surface area contributed by atoms with Gasteiger partial charge in [0.25, 0.3) is 0 Å². The lowest BCUT2D eigenvalue weighted by Gasteiger charge is -2.05. The minimum absolute atomic E-state index is 0.217. The molecule has 2 rings (SSSR count). The third kappa shape index (κ3) is 2.29. The van der Waals surface area contributed by atoms with Crippen molar-refractivity contribution in [2.45, 2.75) is 4.83 Å². The zero-order chi connectivity index (χ0) is 10.8. The molecule has 0 N–H and O–H groups in total. The minimum atomic E-state index is -0.217. The van der Waals surface area contributed by atoms with E-state index in [2.05, 4.69) is 37.9 Å². The van der Waals surface area contributed by atoms with E-state index in [1.165, 1.54) is 5.39 Å². The summed E-state index contributed by atoms with van der Waals surface area (Å²) in [5.41, 5.74) is 0.986. The summed E-state index contributed by atoms with van der Waals surface area (Å²) in [6, 6.07) is 12.1. The lowest BCUT2D eigenvalue weighted by atomic mass is 10.1. The highest BCUT2D eigenvalue weighted by Crippen LogP contribution is 2.26. The third-order valence-electron chi connectivity index (χ3n) is 2.26. The van der Waals surface area contributed by atoms with Crippen molar-refractivity contribution in [2.24, 2.45) is 0 Å². The molecule has 0 saturated heterocycles. The highest BCUT2D eigenvalue weighted by atomic mass is 79.9. The first kappa shape index (κ1) is 10.8. The fourth-order valence-electron chi connectivity index (χ4n) is 1.49. The topological polar surface area (TPSA) is 17.1 Å². The lowest BCUT2D eigenvalue weighted by Crippen LogP contribution is -1.89. The van der Waals surface area contributed by atoms with Gasteiger partial charge in [-0.05, 0) is 34.5 Å². The summed E-state index contributed by atoms with van der Waals surface area (Å²) in [7, 11) is 0. The van der Waals surface area contributed by atoms with E-state index in [0.717, 1.165) is 21.7 Å². The number of hydrogen-bond donors (Lipinski definition) is 0. The molecular formula is C12H8Br2O. The average Bonchev–Trinajstić information content (AvgIpc) is 2.27. The quantitative estimate of drug-likeness (QED) is 0.595. The monoisotopic (exact) mass is 326 g/mol. The molecule has 0 aliphatic heterocycles. The lowest BCUT2D eigenvalue weighted by molar-refractivity contribution is -0.107. The maximum atomic E-state index is 10.6. The van der Waals surface area contributed by atoms with Crippen molar-refractivity contribution in [3.63, 3.8) is 0 Å². The molecule has 0 spiro atoms. The van der Waals surface area contributed by atoms with Crippen LogP contribution in [0, 0.1) is 0 Å². The summed E-state index contributed by atoms with van der Waals surface area (Å²) < 4.78 is 1.06. The van der Waals surface area contributed by atoms with E-state index in [1.54, 1.807) is 0 Å². The molecule has 0 aliphatic rings. The van der Waals surface area contributed by atoms with E-state index in [0.29, 0.717) is 0 Å². The van der Waals surface area contributed by atoms with Crippen LogP contribution in [0.1, 0.15) is 10.4 Å². The molecule has 0 saturated carbocycles. The molecule has 0 aliphatic carbocycles. The van der Waals surface area contributed by atoms with Crippen molar-refractivity contribution in [3.05, 3.63) is 46.4 Å². The van der Waals surface area contributed by atoms with Gasteiger partial charge in [0.05, 0.1) is 4.83 Å². The van der Waals surface area contributed by atoms with Crippen molar-refractivity contribution < 1.29 is 4.79 Å². The molecule has 0 radical (unpaired) electrons. The largest absolute Gasteiger partial charge is 0.302 e. The predicted molar refractivity (Wildman–Crippen MR) is 69.4 cm³/mol. The highest BCUT2D eigenvalue weighted by Gasteiger charge is 2.05. The van der Waals surface area contributed by atoms with Crippen LogP contribution in [0.2, 0.25) is 0 Å². The smallest absolute Gasteiger partial charge is 0.138 e. The summed E-state index contributed by atoms with van der Waals surface area (Å²) in [6.07, 6.45) is 0.889. The Morgan fingerprint density at radius 1 is 1.07 bits per heavy atom. The first-order chi connectivity index (χ1) is 7.20. The number of benzene rings is 2. The molecule has 76 valence electrons. The van der Waals surface area contributed by atoms with Crippen LogP contribution in [-0.4, -0.2) is 6.29 Å². The van der Waals surface area contributed by atoms with Gasteiger partial charge in [0.15, 0.2) is 0 Å². The van der Waals surface area contributed by atoms with E-state index < -0.39 is 0 Å². The molecule has 0 fully saturated rings. The van der Waals surface area contributed by atoms with Crippen LogP contribution in [0.3, 0.4) is 0 Å². The molecule has 2 aromatic carbocycles. The fraction of sp³-hybridized carbons (Fsp3) is 0.0833. The first-order valence-electron chi connectivity index (χ1n) is 4.49. The van der Waals surface area contributed by atoms with Crippen molar-refractivity contribution in [1.82, 2.24) is 0 Å². The average molecular weight is 328 g/mol. The number of fused-ring (bicyclic) bond motifs is 1. The van der Waals surface area contributed by atoms with E-state index >= 15 is 0 Å². The molecular weight excluding hydrogens is 320 g/mol. The molecule has 3 heteroatoms. The molecule has 1 nitrogen and oxygen atoms in total. The van der Waals surface area contributed by atoms with Gasteiger partial charge in [0.1, 0.15) is 6.29 Å². The zero-order valence-electron chi connectivity index (χ0n) is 7.78. The van der Waals surface area contributed by atoms with E-state index in [4.69, 9.17) is 0 Å². The van der Waals surface area contributed by atoms with Gasteiger partial charge >= 0.3 is 0 Å². The summed E-state index contributed by atoms with van der Waals surface area (Å²) in [5, 5.41) is 2.31. The second-order valence-corrected chi connectivity index (χ2v) is 5.19. The zero-order valence-corrected chi connectivity index (χ0v) is 11.0. The normalized spacial score (nSPS) is 12.7. The van der Waals surface area contributed by atoms with Gasteiger partial charge < -0.3 is 4.79 Å². The van der Waals surface area contributed by atoms with E-state index in [1.807, 2.05) is 30.3 Å². The highest BCUT2D eigenvalue weighted by molar-refractivity contribution is 9.10. The van der Waals surface area contributed by atoms with Gasteiger partial charge in [-0.15, -0.1) is 0 Å². The molecule has 0 aromatic heterocycles. The number of aldehydes is 1. The van der Waals surface area contributed by atoms with Gasteiger partial charge in [0.2, 0.25) is 0 Å². The van der Waals surface area contributed by atoms with Crippen LogP contribution < -0.4 is 0 Å². The Balaban J connectivity index is 2.56. The van der Waals surface area contributed by atoms with E-state index in [9.17, 15) is 4.79 Å². The Morgan fingerprint density at radius 3 is 2.47 bits per heavy atom. The molecule has 1 unspecified atom stereocenters. The van der Waals surface area contributed by atoms with Crippen LogP contribution in [0.5, 0.6) is 0 Å². The Labute approximate surface area is 105 Å². The standard InChI is InChI=1S/C12H8Br2O/c13-11-4-3-8-5-10(12(14)7-15)2-1-9(8)6-11/h1-7,12H. The summed E-state index contributed by atoms with van der Waals surface area (Å²) in [4.78, 5) is 10.4. The number of halogens is 2. The Kier molecular flexibility index (Phi) is 3.22. The van der Waals surface area contributed by atoms with Crippen molar-refractivity contribution in [2.75, 3.05) is 0 Å². The second kappa shape index (κ2) is 4.45. The third-order valence-corrected chi connectivity index (χ3v) is 3.50. The Bertz CT molecular complexity index is 508. The number of carbonyl (C=O) groups excluding carboxylic acids is 1. The van der Waals surface area contributed by atoms with Gasteiger partial charge in [-0.3, -0.25) is 0 Å². The maximum Gasteiger partial charge on any atom is 0.138 e. The molecule has 15 heavy (non-hydrogen) atoms. The first-order valence-corrected chi connectivity index (χ1v) is 6.20. The summed E-state index contributed by atoms with van der Waals surface area (Å²) in [6.45, 7) is 0. The van der Waals surface area contributed by atoms with Crippen molar-refractivity contribution in [3.8, 4) is 0 Å². The van der Waals surface area contributed by atoms with Crippen LogP contribution in [0.25, 0.3) is 10.8 Å². The van der Waals surface area contributed by atoms with Crippen LogP contribution in [0.15, 0.2) is 40.9 Å². The molecule has 2 aromatic rings. The molecule has 0 bridgehead atoms. The Hall–Kier alpha value is -0.670.